The highest BCUT2D eigenvalue weighted by atomic mass is 32.1. The topological polar surface area (TPSA) is 64.0 Å². The first kappa shape index (κ1) is 19.1. The maximum absolute atomic E-state index is 13.8. The van der Waals surface area contributed by atoms with Crippen molar-refractivity contribution in [2.24, 2.45) is 0 Å². The SMILES string of the molecule is O=C(Cn1cnc2scc(-c3ccc4ccccc4c3)c2c1=O)Nc1ccccc1F. The molecule has 0 radical (unpaired) electrons. The number of hydrogen-bond donors (Lipinski definition) is 1. The van der Waals surface area contributed by atoms with Crippen molar-refractivity contribution in [3.8, 4) is 11.1 Å². The van der Waals surface area contributed by atoms with E-state index < -0.39 is 11.7 Å². The zero-order valence-electron chi connectivity index (χ0n) is 16.2. The van der Waals surface area contributed by atoms with Gasteiger partial charge in [-0.05, 0) is 34.5 Å². The molecule has 0 unspecified atom stereocenters. The van der Waals surface area contributed by atoms with Gasteiger partial charge in [0.2, 0.25) is 5.91 Å². The molecule has 152 valence electrons. The van der Waals surface area contributed by atoms with Gasteiger partial charge in [-0.3, -0.25) is 14.2 Å². The van der Waals surface area contributed by atoms with Crippen molar-refractivity contribution in [1.82, 2.24) is 9.55 Å². The highest BCUT2D eigenvalue weighted by Crippen LogP contribution is 2.32. The van der Waals surface area contributed by atoms with E-state index in [1.165, 1.54) is 40.4 Å². The minimum absolute atomic E-state index is 0.0713. The normalized spacial score (nSPS) is 11.1. The van der Waals surface area contributed by atoms with E-state index in [0.29, 0.717) is 10.2 Å². The number of benzene rings is 3. The first-order chi connectivity index (χ1) is 15.1. The van der Waals surface area contributed by atoms with Crippen LogP contribution >= 0.6 is 11.3 Å². The van der Waals surface area contributed by atoms with Crippen molar-refractivity contribution < 1.29 is 9.18 Å². The van der Waals surface area contributed by atoms with E-state index in [1.807, 2.05) is 47.8 Å². The molecule has 0 atom stereocenters. The van der Waals surface area contributed by atoms with Crippen molar-refractivity contribution in [3.05, 3.63) is 94.6 Å². The Morgan fingerprint density at radius 3 is 2.65 bits per heavy atom. The summed E-state index contributed by atoms with van der Waals surface area (Å²) in [5.41, 5.74) is 1.46. The van der Waals surface area contributed by atoms with E-state index in [-0.39, 0.29) is 17.8 Å². The molecule has 0 saturated heterocycles. The molecular formula is C24H16FN3O2S. The second-order valence-corrected chi connectivity index (χ2v) is 7.96. The number of fused-ring (bicyclic) bond motifs is 2. The molecular weight excluding hydrogens is 413 g/mol. The molecule has 5 rings (SSSR count). The standard InChI is InChI=1S/C24H16FN3O2S/c25-19-7-3-4-8-20(19)27-21(29)12-28-14-26-23-22(24(28)30)18(13-31-23)17-10-9-15-5-1-2-6-16(15)11-17/h1-11,13-14H,12H2,(H,27,29). The quantitative estimate of drug-likeness (QED) is 0.435. The summed E-state index contributed by atoms with van der Waals surface area (Å²) in [5, 5.41) is 7.07. The molecule has 2 heterocycles. The number of carbonyl (C=O) groups is 1. The number of thiophene rings is 1. The van der Waals surface area contributed by atoms with Crippen LogP contribution in [0.5, 0.6) is 0 Å². The molecule has 7 heteroatoms. The Labute approximate surface area is 180 Å². The lowest BCUT2D eigenvalue weighted by Crippen LogP contribution is -2.28. The molecule has 0 fully saturated rings. The third-order valence-electron chi connectivity index (χ3n) is 5.08. The fraction of sp³-hybridized carbons (Fsp3) is 0.0417. The summed E-state index contributed by atoms with van der Waals surface area (Å²) in [4.78, 5) is 30.5. The van der Waals surface area contributed by atoms with Crippen molar-refractivity contribution in [1.29, 1.82) is 0 Å². The number of halogens is 1. The number of aromatic nitrogens is 2. The van der Waals surface area contributed by atoms with Crippen LogP contribution in [-0.4, -0.2) is 15.5 Å². The fourth-order valence-electron chi connectivity index (χ4n) is 3.56. The molecule has 5 nitrogen and oxygen atoms in total. The van der Waals surface area contributed by atoms with Gasteiger partial charge in [0.1, 0.15) is 17.2 Å². The summed E-state index contributed by atoms with van der Waals surface area (Å²) < 4.78 is 15.0. The van der Waals surface area contributed by atoms with Crippen LogP contribution in [0.25, 0.3) is 32.1 Å². The van der Waals surface area contributed by atoms with E-state index in [4.69, 9.17) is 0 Å². The first-order valence-electron chi connectivity index (χ1n) is 9.60. The van der Waals surface area contributed by atoms with Gasteiger partial charge in [-0.2, -0.15) is 0 Å². The van der Waals surface area contributed by atoms with Crippen LogP contribution in [0.15, 0.2) is 83.2 Å². The molecule has 31 heavy (non-hydrogen) atoms. The van der Waals surface area contributed by atoms with Crippen LogP contribution in [0.1, 0.15) is 0 Å². The van der Waals surface area contributed by atoms with Crippen LogP contribution in [-0.2, 0) is 11.3 Å². The number of anilines is 1. The number of nitrogens with one attached hydrogen (secondary N) is 1. The summed E-state index contributed by atoms with van der Waals surface area (Å²) in [7, 11) is 0. The molecule has 3 aromatic carbocycles. The van der Waals surface area contributed by atoms with Crippen LogP contribution in [0.2, 0.25) is 0 Å². The lowest BCUT2D eigenvalue weighted by atomic mass is 10.0. The number of carbonyl (C=O) groups excluding carboxylic acids is 1. The van der Waals surface area contributed by atoms with E-state index in [0.717, 1.165) is 21.9 Å². The Morgan fingerprint density at radius 1 is 1.03 bits per heavy atom. The first-order valence-corrected chi connectivity index (χ1v) is 10.5. The predicted molar refractivity (Wildman–Crippen MR) is 122 cm³/mol. The maximum Gasteiger partial charge on any atom is 0.263 e. The van der Waals surface area contributed by atoms with E-state index in [2.05, 4.69) is 10.3 Å². The minimum atomic E-state index is -0.534. The van der Waals surface area contributed by atoms with Crippen molar-refractivity contribution in [2.75, 3.05) is 5.32 Å². The average Bonchev–Trinajstić information content (AvgIpc) is 3.22. The van der Waals surface area contributed by atoms with Gasteiger partial charge in [-0.15, -0.1) is 11.3 Å². The molecule has 1 amide bonds. The summed E-state index contributed by atoms with van der Waals surface area (Å²) in [5.74, 6) is -1.04. The van der Waals surface area contributed by atoms with Crippen LogP contribution in [0.3, 0.4) is 0 Å². The molecule has 1 N–H and O–H groups in total. The highest BCUT2D eigenvalue weighted by Gasteiger charge is 2.15. The van der Waals surface area contributed by atoms with Crippen molar-refractivity contribution >= 4 is 43.9 Å². The third-order valence-corrected chi connectivity index (χ3v) is 5.97. The average molecular weight is 429 g/mol. The predicted octanol–water partition coefficient (Wildman–Crippen LogP) is 5.06. The Hall–Kier alpha value is -3.84. The lowest BCUT2D eigenvalue weighted by Gasteiger charge is -2.08. The van der Waals surface area contributed by atoms with Crippen LogP contribution < -0.4 is 10.9 Å². The van der Waals surface area contributed by atoms with Gasteiger partial charge >= 0.3 is 0 Å². The largest absolute Gasteiger partial charge is 0.322 e. The summed E-state index contributed by atoms with van der Waals surface area (Å²) in [6.07, 6.45) is 1.35. The van der Waals surface area contributed by atoms with Gasteiger partial charge in [0, 0.05) is 10.9 Å². The van der Waals surface area contributed by atoms with Crippen molar-refractivity contribution in [3.63, 3.8) is 0 Å². The number of nitrogens with zero attached hydrogens (tertiary/aromatic N) is 2. The zero-order chi connectivity index (χ0) is 21.4. The van der Waals surface area contributed by atoms with E-state index in [9.17, 15) is 14.0 Å². The molecule has 5 aromatic rings. The Kier molecular flexibility index (Phi) is 4.80. The summed E-state index contributed by atoms with van der Waals surface area (Å²) >= 11 is 1.39. The minimum Gasteiger partial charge on any atom is -0.322 e. The molecule has 2 aromatic heterocycles. The number of amides is 1. The second-order valence-electron chi connectivity index (χ2n) is 7.10. The van der Waals surface area contributed by atoms with Gasteiger partial charge in [0.15, 0.2) is 0 Å². The van der Waals surface area contributed by atoms with Gasteiger partial charge < -0.3 is 5.32 Å². The van der Waals surface area contributed by atoms with Gasteiger partial charge in [-0.1, -0.05) is 48.5 Å². The molecule has 0 spiro atoms. The monoisotopic (exact) mass is 429 g/mol. The lowest BCUT2D eigenvalue weighted by molar-refractivity contribution is -0.116. The molecule has 0 aliphatic rings. The van der Waals surface area contributed by atoms with Gasteiger partial charge in [0.05, 0.1) is 17.4 Å². The summed E-state index contributed by atoms with van der Waals surface area (Å²) in [6.45, 7) is -0.261. The Morgan fingerprint density at radius 2 is 1.81 bits per heavy atom. The second kappa shape index (κ2) is 7.77. The Balaban J connectivity index is 1.51. The van der Waals surface area contributed by atoms with Crippen molar-refractivity contribution in [2.45, 2.75) is 6.54 Å². The molecule has 0 bridgehead atoms. The number of para-hydroxylation sites is 1. The highest BCUT2D eigenvalue weighted by molar-refractivity contribution is 7.17. The molecule has 0 aliphatic heterocycles. The van der Waals surface area contributed by atoms with E-state index >= 15 is 0 Å². The maximum atomic E-state index is 13.8. The molecule has 0 saturated carbocycles. The van der Waals surface area contributed by atoms with Gasteiger partial charge in [0.25, 0.3) is 5.56 Å². The number of hydrogen-bond acceptors (Lipinski definition) is 4. The summed E-state index contributed by atoms with van der Waals surface area (Å²) in [6, 6.07) is 19.9. The van der Waals surface area contributed by atoms with Gasteiger partial charge in [-0.25, -0.2) is 9.37 Å². The van der Waals surface area contributed by atoms with E-state index in [1.54, 1.807) is 6.07 Å². The fourth-order valence-corrected chi connectivity index (χ4v) is 4.46. The third kappa shape index (κ3) is 3.60. The molecule has 0 aliphatic carbocycles. The number of rotatable bonds is 4. The van der Waals surface area contributed by atoms with Crippen LogP contribution in [0.4, 0.5) is 10.1 Å². The Bertz CT molecular complexity index is 1510. The van der Waals surface area contributed by atoms with Crippen LogP contribution in [0, 0.1) is 5.82 Å². The zero-order valence-corrected chi connectivity index (χ0v) is 17.0. The smallest absolute Gasteiger partial charge is 0.263 e.